The van der Waals surface area contributed by atoms with E-state index in [2.05, 4.69) is 20.6 Å². The quantitative estimate of drug-likeness (QED) is 0.355. The topological polar surface area (TPSA) is 123 Å². The molecule has 0 amide bonds. The summed E-state index contributed by atoms with van der Waals surface area (Å²) in [4.78, 5) is 14.1. The number of nitrogens with one attached hydrogen (secondary N) is 2. The average Bonchev–Trinajstić information content (AvgIpc) is 3.42. The van der Waals surface area contributed by atoms with Crippen LogP contribution in [0.2, 0.25) is 0 Å². The predicted molar refractivity (Wildman–Crippen MR) is 121 cm³/mol. The first-order valence-electron chi connectivity index (χ1n) is 10.7. The van der Waals surface area contributed by atoms with E-state index < -0.39 is 11.8 Å². The number of anilines is 2. The Hall–Kier alpha value is -2.33. The minimum absolute atomic E-state index is 0.174. The number of para-hydroxylation sites is 1. The summed E-state index contributed by atoms with van der Waals surface area (Å²) in [5.41, 5.74) is 0.771. The molecule has 31 heavy (non-hydrogen) atoms. The molecule has 8 nitrogen and oxygen atoms in total. The van der Waals surface area contributed by atoms with Gasteiger partial charge >= 0.3 is 0 Å². The maximum Gasteiger partial charge on any atom is 0.224 e. The SMILES string of the molecule is Cc1nc(NCC2CC2)nc(N[C@]2(O)CC[C@H](CO)[C@H]2O)c1-c1nc2ccccc2s1. The molecule has 0 unspecified atom stereocenters. The van der Waals surface area contributed by atoms with Crippen molar-refractivity contribution in [2.45, 2.75) is 44.4 Å². The van der Waals surface area contributed by atoms with Crippen molar-refractivity contribution in [3.05, 3.63) is 30.0 Å². The number of fused-ring (bicyclic) bond motifs is 1. The number of aliphatic hydroxyl groups is 3. The van der Waals surface area contributed by atoms with Crippen LogP contribution in [0.15, 0.2) is 24.3 Å². The van der Waals surface area contributed by atoms with Crippen LogP contribution in [-0.4, -0.2) is 55.3 Å². The van der Waals surface area contributed by atoms with Gasteiger partial charge in [0.05, 0.1) is 21.5 Å². The average molecular weight is 442 g/mol. The zero-order valence-corrected chi connectivity index (χ0v) is 18.2. The van der Waals surface area contributed by atoms with Crippen LogP contribution in [-0.2, 0) is 0 Å². The van der Waals surface area contributed by atoms with Crippen LogP contribution in [0.5, 0.6) is 0 Å². The lowest BCUT2D eigenvalue weighted by molar-refractivity contribution is -0.0545. The Morgan fingerprint density at radius 1 is 1.16 bits per heavy atom. The Bertz CT molecular complexity index is 1070. The lowest BCUT2D eigenvalue weighted by Gasteiger charge is -2.31. The normalized spacial score (nSPS) is 25.8. The molecular formula is C22H27N5O3S. The molecule has 3 atom stereocenters. The molecule has 5 N–H and O–H groups in total. The molecule has 3 aromatic rings. The molecule has 2 fully saturated rings. The van der Waals surface area contributed by atoms with E-state index >= 15 is 0 Å². The second-order valence-corrected chi connectivity index (χ2v) is 9.67. The lowest BCUT2D eigenvalue weighted by Crippen LogP contribution is -2.48. The van der Waals surface area contributed by atoms with Gasteiger partial charge < -0.3 is 26.0 Å². The molecule has 2 aliphatic rings. The molecule has 1 aromatic carbocycles. The summed E-state index contributed by atoms with van der Waals surface area (Å²) in [5.74, 6) is 1.21. The summed E-state index contributed by atoms with van der Waals surface area (Å²) in [5, 5.41) is 38.5. The molecule has 0 bridgehead atoms. The molecule has 2 aromatic heterocycles. The van der Waals surface area contributed by atoms with E-state index in [0.717, 1.165) is 27.5 Å². The molecule has 0 spiro atoms. The van der Waals surface area contributed by atoms with Crippen molar-refractivity contribution < 1.29 is 15.3 Å². The Balaban J connectivity index is 1.55. The number of thiazole rings is 1. The highest BCUT2D eigenvalue weighted by Crippen LogP contribution is 2.40. The molecule has 0 radical (unpaired) electrons. The van der Waals surface area contributed by atoms with Crippen LogP contribution >= 0.6 is 11.3 Å². The molecule has 9 heteroatoms. The second kappa shape index (κ2) is 7.98. The maximum atomic E-state index is 11.2. The summed E-state index contributed by atoms with van der Waals surface area (Å²) < 4.78 is 1.05. The zero-order valence-electron chi connectivity index (χ0n) is 17.4. The number of aromatic nitrogens is 3. The van der Waals surface area contributed by atoms with Crippen molar-refractivity contribution in [1.82, 2.24) is 15.0 Å². The van der Waals surface area contributed by atoms with Crippen molar-refractivity contribution >= 4 is 33.3 Å². The van der Waals surface area contributed by atoms with Gasteiger partial charge in [0.2, 0.25) is 5.95 Å². The van der Waals surface area contributed by atoms with E-state index in [-0.39, 0.29) is 12.5 Å². The number of rotatable bonds is 7. The minimum atomic E-state index is -1.58. The van der Waals surface area contributed by atoms with Gasteiger partial charge in [-0.3, -0.25) is 0 Å². The number of nitrogens with zero attached hydrogens (tertiary/aromatic N) is 3. The molecular weight excluding hydrogens is 414 g/mol. The van der Waals surface area contributed by atoms with E-state index in [1.54, 1.807) is 0 Å². The Morgan fingerprint density at radius 3 is 2.68 bits per heavy atom. The van der Waals surface area contributed by atoms with Gasteiger partial charge in [-0.2, -0.15) is 4.98 Å². The summed E-state index contributed by atoms with van der Waals surface area (Å²) in [6.45, 7) is 2.55. The number of aliphatic hydroxyl groups excluding tert-OH is 2. The summed E-state index contributed by atoms with van der Waals surface area (Å²) in [6.07, 6.45) is 2.17. The smallest absolute Gasteiger partial charge is 0.224 e. The zero-order chi connectivity index (χ0) is 21.6. The molecule has 5 rings (SSSR count). The molecule has 2 aliphatic carbocycles. The summed E-state index contributed by atoms with van der Waals surface area (Å²) in [6, 6.07) is 7.91. The van der Waals surface area contributed by atoms with Crippen LogP contribution in [0.3, 0.4) is 0 Å². The highest BCUT2D eigenvalue weighted by atomic mass is 32.1. The molecule has 164 valence electrons. The molecule has 0 saturated heterocycles. The highest BCUT2D eigenvalue weighted by Gasteiger charge is 2.47. The van der Waals surface area contributed by atoms with E-state index in [9.17, 15) is 15.3 Å². The highest BCUT2D eigenvalue weighted by molar-refractivity contribution is 7.21. The number of aryl methyl sites for hydroxylation is 1. The van der Waals surface area contributed by atoms with E-state index in [4.69, 9.17) is 4.98 Å². The number of hydrogen-bond acceptors (Lipinski definition) is 9. The predicted octanol–water partition coefficient (Wildman–Crippen LogP) is 2.75. The largest absolute Gasteiger partial charge is 0.396 e. The van der Waals surface area contributed by atoms with Gasteiger partial charge in [0.1, 0.15) is 16.9 Å². The first-order chi connectivity index (χ1) is 15.0. The van der Waals surface area contributed by atoms with Crippen LogP contribution in [0.25, 0.3) is 20.8 Å². The molecule has 2 heterocycles. The Morgan fingerprint density at radius 2 is 1.97 bits per heavy atom. The first-order valence-corrected chi connectivity index (χ1v) is 11.6. The monoisotopic (exact) mass is 441 g/mol. The fraction of sp³-hybridized carbons (Fsp3) is 0.500. The summed E-state index contributed by atoms with van der Waals surface area (Å²) >= 11 is 1.54. The van der Waals surface area contributed by atoms with E-state index in [1.807, 2.05) is 31.2 Å². The lowest BCUT2D eigenvalue weighted by atomic mass is 10.0. The van der Waals surface area contributed by atoms with Gasteiger partial charge in [0.25, 0.3) is 0 Å². The van der Waals surface area contributed by atoms with Gasteiger partial charge in [-0.15, -0.1) is 11.3 Å². The van der Waals surface area contributed by atoms with Gasteiger partial charge in [-0.25, -0.2) is 9.97 Å². The molecule has 2 saturated carbocycles. The summed E-state index contributed by atoms with van der Waals surface area (Å²) in [7, 11) is 0. The van der Waals surface area contributed by atoms with Crippen molar-refractivity contribution in [2.75, 3.05) is 23.8 Å². The standard InChI is InChI=1S/C22H27N5O3S/c1-12-17(20-25-15-4-2-3-5-16(15)31-20)19(26-21(24-12)23-10-13-6-7-13)27-22(30)9-8-14(11-28)18(22)29/h2-5,13-14,18,28-30H,6-11H2,1H3,(H2,23,24,26,27)/t14-,18-,22+/m1/s1. The fourth-order valence-electron chi connectivity index (χ4n) is 4.17. The Labute approximate surface area is 184 Å². The van der Waals surface area contributed by atoms with Crippen molar-refractivity contribution in [3.63, 3.8) is 0 Å². The van der Waals surface area contributed by atoms with E-state index in [1.165, 1.54) is 24.2 Å². The van der Waals surface area contributed by atoms with E-state index in [0.29, 0.717) is 36.1 Å². The van der Waals surface area contributed by atoms with Gasteiger partial charge in [-0.05, 0) is 50.7 Å². The third kappa shape index (κ3) is 3.98. The number of hydrogen-bond donors (Lipinski definition) is 5. The third-order valence-electron chi connectivity index (χ3n) is 6.24. The molecule has 0 aliphatic heterocycles. The first kappa shape index (κ1) is 20.6. The van der Waals surface area contributed by atoms with Crippen molar-refractivity contribution in [2.24, 2.45) is 11.8 Å². The van der Waals surface area contributed by atoms with Crippen molar-refractivity contribution in [3.8, 4) is 10.6 Å². The van der Waals surface area contributed by atoms with Crippen LogP contribution in [0.1, 0.15) is 31.4 Å². The number of benzene rings is 1. The minimum Gasteiger partial charge on any atom is -0.396 e. The van der Waals surface area contributed by atoms with Crippen molar-refractivity contribution in [1.29, 1.82) is 0 Å². The fourth-order valence-corrected chi connectivity index (χ4v) is 5.23. The van der Waals surface area contributed by atoms with Crippen LogP contribution in [0.4, 0.5) is 11.8 Å². The third-order valence-corrected chi connectivity index (χ3v) is 7.30. The van der Waals surface area contributed by atoms with Crippen LogP contribution in [0, 0.1) is 18.8 Å². The van der Waals surface area contributed by atoms with Gasteiger partial charge in [0.15, 0.2) is 5.72 Å². The van der Waals surface area contributed by atoms with Gasteiger partial charge in [-0.1, -0.05) is 12.1 Å². The second-order valence-electron chi connectivity index (χ2n) is 8.64. The van der Waals surface area contributed by atoms with Gasteiger partial charge in [0, 0.05) is 19.1 Å². The maximum absolute atomic E-state index is 11.2. The van der Waals surface area contributed by atoms with Crippen LogP contribution < -0.4 is 10.6 Å². The Kier molecular flexibility index (Phi) is 5.29.